The van der Waals surface area contributed by atoms with Crippen molar-refractivity contribution in [2.45, 2.75) is 0 Å². The number of carbonyl (C=O) groups excluding carboxylic acids is 1. The van der Waals surface area contributed by atoms with Crippen molar-refractivity contribution in [1.82, 2.24) is 0 Å². The van der Waals surface area contributed by atoms with Gasteiger partial charge in [0.05, 0.1) is 26.7 Å². The Morgan fingerprint density at radius 2 is 1.88 bits per heavy atom. The number of quaternary nitrogens is 1. The van der Waals surface area contributed by atoms with Gasteiger partial charge in [0.15, 0.2) is 0 Å². The summed E-state index contributed by atoms with van der Waals surface area (Å²) in [4.78, 5) is 22.6. The molecule has 0 radical (unpaired) electrons. The smallest absolute Gasteiger partial charge is 0.335 e. The van der Waals surface area contributed by atoms with Crippen LogP contribution in [0.15, 0.2) is 18.2 Å². The van der Waals surface area contributed by atoms with Crippen LogP contribution in [0.1, 0.15) is 20.7 Å². The van der Waals surface area contributed by atoms with Gasteiger partial charge in [-0.1, -0.05) is 17.9 Å². The SMILES string of the molecule is C[N+](C)(C)CC(=O)c1ccc([O-])c(C(=O)O)c1. The van der Waals surface area contributed by atoms with E-state index in [4.69, 9.17) is 5.11 Å². The molecule has 92 valence electrons. The summed E-state index contributed by atoms with van der Waals surface area (Å²) in [6, 6.07) is 3.63. The topological polar surface area (TPSA) is 77.4 Å². The molecule has 1 rings (SSSR count). The third-order valence-corrected chi connectivity index (χ3v) is 2.15. The molecule has 5 heteroatoms. The molecule has 0 heterocycles. The van der Waals surface area contributed by atoms with E-state index in [1.165, 1.54) is 6.07 Å². The zero-order valence-electron chi connectivity index (χ0n) is 10.1. The maximum absolute atomic E-state index is 11.8. The fraction of sp³-hybridized carbons (Fsp3) is 0.333. The van der Waals surface area contributed by atoms with Crippen LogP contribution in [-0.2, 0) is 0 Å². The Morgan fingerprint density at radius 3 is 2.35 bits per heavy atom. The van der Waals surface area contributed by atoms with Crippen LogP contribution in [-0.4, -0.2) is 49.0 Å². The summed E-state index contributed by atoms with van der Waals surface area (Å²) in [6.45, 7) is 0.247. The minimum Gasteiger partial charge on any atom is -0.872 e. The molecule has 1 aromatic rings. The zero-order chi connectivity index (χ0) is 13.2. The highest BCUT2D eigenvalue weighted by molar-refractivity contribution is 6.00. The highest BCUT2D eigenvalue weighted by Gasteiger charge is 2.17. The van der Waals surface area contributed by atoms with E-state index in [9.17, 15) is 14.7 Å². The van der Waals surface area contributed by atoms with Gasteiger partial charge in [-0.15, -0.1) is 0 Å². The Labute approximate surface area is 99.5 Å². The molecular formula is C12H15NO4. The zero-order valence-corrected chi connectivity index (χ0v) is 10.1. The molecule has 0 saturated heterocycles. The number of carboxylic acid groups (broad SMARTS) is 1. The van der Waals surface area contributed by atoms with Crippen LogP contribution in [0.2, 0.25) is 0 Å². The summed E-state index contributed by atoms with van der Waals surface area (Å²) in [5, 5.41) is 20.0. The summed E-state index contributed by atoms with van der Waals surface area (Å²) in [6.07, 6.45) is 0. The van der Waals surface area contributed by atoms with Gasteiger partial charge in [0, 0.05) is 5.56 Å². The Bertz CT molecular complexity index is 460. The van der Waals surface area contributed by atoms with Crippen LogP contribution in [0, 0.1) is 0 Å². The molecule has 0 aromatic heterocycles. The lowest BCUT2D eigenvalue weighted by molar-refractivity contribution is -0.861. The standard InChI is InChI=1S/C12H15NO4/c1-13(2,3)7-11(15)8-4-5-10(14)9(6-8)12(16)17/h4-6H,7H2,1-3H3,(H-,14,15,16,17). The fourth-order valence-electron chi connectivity index (χ4n) is 1.39. The Kier molecular flexibility index (Phi) is 3.53. The van der Waals surface area contributed by atoms with E-state index in [-0.39, 0.29) is 23.5 Å². The number of ketones is 1. The third-order valence-electron chi connectivity index (χ3n) is 2.15. The molecule has 0 aliphatic rings. The molecule has 0 bridgehead atoms. The van der Waals surface area contributed by atoms with Gasteiger partial charge in [-0.25, -0.2) is 4.79 Å². The Balaban J connectivity index is 3.04. The predicted molar refractivity (Wildman–Crippen MR) is 60.1 cm³/mol. The molecular weight excluding hydrogens is 222 g/mol. The number of hydrogen-bond donors (Lipinski definition) is 1. The molecule has 0 saturated carbocycles. The second kappa shape index (κ2) is 4.55. The molecule has 0 unspecified atom stereocenters. The number of Topliss-reactive ketones (excluding diaryl/α,β-unsaturated/α-hetero) is 1. The molecule has 0 aliphatic heterocycles. The lowest BCUT2D eigenvalue weighted by Gasteiger charge is -2.23. The van der Waals surface area contributed by atoms with E-state index in [2.05, 4.69) is 0 Å². The van der Waals surface area contributed by atoms with Crippen LogP contribution in [0.25, 0.3) is 0 Å². The summed E-state index contributed by atoms with van der Waals surface area (Å²) >= 11 is 0. The quantitative estimate of drug-likeness (QED) is 0.605. The van der Waals surface area contributed by atoms with Gasteiger partial charge >= 0.3 is 5.97 Å². The van der Waals surface area contributed by atoms with Crippen LogP contribution in [0.5, 0.6) is 5.75 Å². The van der Waals surface area contributed by atoms with Gasteiger partial charge in [-0.3, -0.25) is 4.79 Å². The van der Waals surface area contributed by atoms with Crippen LogP contribution in [0.4, 0.5) is 0 Å². The van der Waals surface area contributed by atoms with E-state index in [0.717, 1.165) is 12.1 Å². The fourth-order valence-corrected chi connectivity index (χ4v) is 1.39. The minimum atomic E-state index is -1.31. The van der Waals surface area contributed by atoms with E-state index in [0.29, 0.717) is 4.48 Å². The monoisotopic (exact) mass is 237 g/mol. The second-order valence-corrected chi connectivity index (χ2v) is 4.89. The third kappa shape index (κ3) is 3.57. The average Bonchev–Trinajstić information content (AvgIpc) is 2.14. The van der Waals surface area contributed by atoms with Crippen molar-refractivity contribution in [3.63, 3.8) is 0 Å². The van der Waals surface area contributed by atoms with Gasteiger partial charge in [-0.05, 0) is 6.07 Å². The van der Waals surface area contributed by atoms with Gasteiger partial charge in [0.25, 0.3) is 0 Å². The van der Waals surface area contributed by atoms with Crippen LogP contribution in [0.3, 0.4) is 0 Å². The lowest BCUT2D eigenvalue weighted by Crippen LogP contribution is -2.39. The van der Waals surface area contributed by atoms with Crippen molar-refractivity contribution in [3.8, 4) is 5.75 Å². The van der Waals surface area contributed by atoms with Crippen molar-refractivity contribution in [2.75, 3.05) is 27.7 Å². The summed E-state index contributed by atoms with van der Waals surface area (Å²) in [7, 11) is 5.58. The first-order chi connectivity index (χ1) is 7.70. The molecule has 0 atom stereocenters. The number of likely N-dealkylation sites (N-methyl/N-ethyl adjacent to an activating group) is 1. The van der Waals surface area contributed by atoms with E-state index in [1.54, 1.807) is 0 Å². The number of rotatable bonds is 4. The number of hydrogen-bond acceptors (Lipinski definition) is 3. The van der Waals surface area contributed by atoms with Crippen molar-refractivity contribution in [1.29, 1.82) is 0 Å². The number of nitrogens with zero attached hydrogens (tertiary/aromatic N) is 1. The van der Waals surface area contributed by atoms with Crippen LogP contribution < -0.4 is 5.11 Å². The van der Waals surface area contributed by atoms with Crippen LogP contribution >= 0.6 is 0 Å². The molecule has 0 aliphatic carbocycles. The van der Waals surface area contributed by atoms with Crippen molar-refractivity contribution < 1.29 is 24.3 Å². The normalized spacial score (nSPS) is 11.2. The molecule has 1 aromatic carbocycles. The summed E-state index contributed by atoms with van der Waals surface area (Å²) in [5.74, 6) is -2.07. The first-order valence-electron chi connectivity index (χ1n) is 5.09. The Hall–Kier alpha value is -1.88. The minimum absolute atomic E-state index is 0.181. The van der Waals surface area contributed by atoms with Crippen molar-refractivity contribution >= 4 is 11.8 Å². The molecule has 5 nitrogen and oxygen atoms in total. The molecule has 0 spiro atoms. The van der Waals surface area contributed by atoms with E-state index < -0.39 is 11.7 Å². The maximum Gasteiger partial charge on any atom is 0.335 e. The predicted octanol–water partition coefficient (Wildman–Crippen LogP) is 0.347. The highest BCUT2D eigenvalue weighted by atomic mass is 16.4. The van der Waals surface area contributed by atoms with Gasteiger partial charge in [0.1, 0.15) is 6.54 Å². The number of aromatic carboxylic acids is 1. The molecule has 1 N–H and O–H groups in total. The molecule has 17 heavy (non-hydrogen) atoms. The number of benzene rings is 1. The second-order valence-electron chi connectivity index (χ2n) is 4.89. The lowest BCUT2D eigenvalue weighted by atomic mass is 10.1. The Morgan fingerprint density at radius 1 is 1.29 bits per heavy atom. The van der Waals surface area contributed by atoms with Gasteiger partial charge in [-0.2, -0.15) is 0 Å². The first kappa shape index (κ1) is 13.2. The number of carboxylic acids is 1. The largest absolute Gasteiger partial charge is 0.872 e. The molecule has 0 amide bonds. The van der Waals surface area contributed by atoms with Gasteiger partial charge < -0.3 is 14.7 Å². The summed E-state index contributed by atoms with van der Waals surface area (Å²) in [5.41, 5.74) is -0.104. The van der Waals surface area contributed by atoms with Gasteiger partial charge in [0.2, 0.25) is 5.78 Å². The van der Waals surface area contributed by atoms with Crippen molar-refractivity contribution in [2.24, 2.45) is 0 Å². The average molecular weight is 237 g/mol. The summed E-state index contributed by atoms with van der Waals surface area (Å²) < 4.78 is 0.445. The maximum atomic E-state index is 11.8. The highest BCUT2D eigenvalue weighted by Crippen LogP contribution is 2.16. The van der Waals surface area contributed by atoms with E-state index >= 15 is 0 Å². The number of carbonyl (C=O) groups is 2. The van der Waals surface area contributed by atoms with Crippen molar-refractivity contribution in [3.05, 3.63) is 29.3 Å². The van der Waals surface area contributed by atoms with E-state index in [1.807, 2.05) is 21.1 Å². The molecule has 0 fully saturated rings. The first-order valence-corrected chi connectivity index (χ1v) is 5.09.